The summed E-state index contributed by atoms with van der Waals surface area (Å²) in [4.78, 5) is 13.9. The molecular formula is C15H9N3O5S2. The molecule has 0 unspecified atom stereocenters. The van der Waals surface area contributed by atoms with E-state index < -0.39 is 25.6 Å². The summed E-state index contributed by atoms with van der Waals surface area (Å²) >= 11 is 1.09. The Morgan fingerprint density at radius 3 is 2.72 bits per heavy atom. The molecule has 25 heavy (non-hydrogen) atoms. The van der Waals surface area contributed by atoms with Crippen molar-refractivity contribution >= 4 is 37.4 Å². The number of rotatable bonds is 4. The van der Waals surface area contributed by atoms with Crippen LogP contribution in [0.4, 0.5) is 5.69 Å². The van der Waals surface area contributed by atoms with Gasteiger partial charge in [-0.05, 0) is 30.7 Å². The fourth-order valence-electron chi connectivity index (χ4n) is 2.16. The van der Waals surface area contributed by atoms with E-state index in [1.54, 1.807) is 6.92 Å². The van der Waals surface area contributed by atoms with Gasteiger partial charge < -0.3 is 4.18 Å². The number of benzene rings is 2. The van der Waals surface area contributed by atoms with Crippen LogP contribution in [0.15, 0.2) is 41.3 Å². The molecule has 0 spiro atoms. The van der Waals surface area contributed by atoms with Crippen LogP contribution in [0, 0.1) is 28.4 Å². The third-order valence-corrected chi connectivity index (χ3v) is 5.46. The first-order valence-electron chi connectivity index (χ1n) is 6.80. The SMILES string of the molecule is Cc1ccc(S(=O)(=O)Oc2ccc3nc(C#N)sc3c2)c([N+](=O)[O-])c1. The van der Waals surface area contributed by atoms with Crippen LogP contribution in [0.25, 0.3) is 10.2 Å². The maximum Gasteiger partial charge on any atom is 0.346 e. The fourth-order valence-corrected chi connectivity index (χ4v) is 4.02. The van der Waals surface area contributed by atoms with Gasteiger partial charge in [0.1, 0.15) is 11.8 Å². The monoisotopic (exact) mass is 375 g/mol. The lowest BCUT2D eigenvalue weighted by atomic mass is 10.2. The van der Waals surface area contributed by atoms with Crippen LogP contribution in [0.1, 0.15) is 10.6 Å². The number of aromatic nitrogens is 1. The quantitative estimate of drug-likeness (QED) is 0.390. The lowest BCUT2D eigenvalue weighted by Crippen LogP contribution is -2.12. The second-order valence-corrected chi connectivity index (χ2v) is 7.57. The van der Waals surface area contributed by atoms with Crippen LogP contribution in [0.2, 0.25) is 0 Å². The Morgan fingerprint density at radius 2 is 2.04 bits per heavy atom. The third-order valence-electron chi connectivity index (χ3n) is 3.24. The largest absolute Gasteiger partial charge is 0.379 e. The van der Waals surface area contributed by atoms with E-state index in [9.17, 15) is 18.5 Å². The molecule has 0 saturated heterocycles. The van der Waals surface area contributed by atoms with Gasteiger partial charge in [0.05, 0.1) is 15.1 Å². The summed E-state index contributed by atoms with van der Waals surface area (Å²) in [6.07, 6.45) is 0. The normalized spacial score (nSPS) is 11.2. The van der Waals surface area contributed by atoms with E-state index in [-0.39, 0.29) is 10.8 Å². The highest BCUT2D eigenvalue weighted by molar-refractivity contribution is 7.87. The molecule has 0 N–H and O–H groups in total. The minimum Gasteiger partial charge on any atom is -0.379 e. The smallest absolute Gasteiger partial charge is 0.346 e. The molecule has 0 aliphatic carbocycles. The first-order valence-corrected chi connectivity index (χ1v) is 9.03. The zero-order chi connectivity index (χ0) is 18.2. The Hall–Kier alpha value is -3.03. The number of nitro benzene ring substituents is 1. The molecule has 0 aliphatic rings. The second-order valence-electron chi connectivity index (χ2n) is 5.03. The molecule has 0 aliphatic heterocycles. The third kappa shape index (κ3) is 3.28. The molecule has 0 radical (unpaired) electrons. The van der Waals surface area contributed by atoms with Gasteiger partial charge in [0.15, 0.2) is 9.90 Å². The average molecular weight is 375 g/mol. The van der Waals surface area contributed by atoms with Crippen molar-refractivity contribution in [2.45, 2.75) is 11.8 Å². The Morgan fingerprint density at radius 1 is 1.28 bits per heavy atom. The van der Waals surface area contributed by atoms with E-state index in [1.165, 1.54) is 30.3 Å². The summed E-state index contributed by atoms with van der Waals surface area (Å²) in [7, 11) is -4.40. The molecule has 0 bridgehead atoms. The van der Waals surface area contributed by atoms with Crippen molar-refractivity contribution in [3.05, 3.63) is 57.1 Å². The molecule has 1 aromatic heterocycles. The number of hydrogen-bond acceptors (Lipinski definition) is 8. The fraction of sp³-hybridized carbons (Fsp3) is 0.0667. The molecule has 126 valence electrons. The lowest BCUT2D eigenvalue weighted by Gasteiger charge is -2.08. The van der Waals surface area contributed by atoms with E-state index in [4.69, 9.17) is 9.44 Å². The molecule has 0 atom stereocenters. The predicted molar refractivity (Wildman–Crippen MR) is 90.0 cm³/mol. The number of nitrogens with zero attached hydrogens (tertiary/aromatic N) is 3. The summed E-state index contributed by atoms with van der Waals surface area (Å²) < 4.78 is 30.5. The molecule has 2 aromatic carbocycles. The molecule has 1 heterocycles. The Kier molecular flexibility index (Phi) is 4.12. The summed E-state index contributed by atoms with van der Waals surface area (Å²) in [5.41, 5.74) is 0.541. The van der Waals surface area contributed by atoms with Crippen LogP contribution in [-0.4, -0.2) is 18.3 Å². The maximum absolute atomic E-state index is 12.4. The average Bonchev–Trinajstić information content (AvgIpc) is 2.96. The summed E-state index contributed by atoms with van der Waals surface area (Å²) in [6.45, 7) is 1.62. The minimum atomic E-state index is -4.40. The minimum absolute atomic E-state index is 0.0180. The van der Waals surface area contributed by atoms with Gasteiger partial charge in [-0.2, -0.15) is 13.7 Å². The van der Waals surface area contributed by atoms with Gasteiger partial charge in [-0.15, -0.1) is 11.3 Å². The predicted octanol–water partition coefficient (Wildman–Crippen LogP) is 3.15. The van der Waals surface area contributed by atoms with Gasteiger partial charge in [-0.1, -0.05) is 6.07 Å². The van der Waals surface area contributed by atoms with Gasteiger partial charge in [-0.3, -0.25) is 10.1 Å². The summed E-state index contributed by atoms with van der Waals surface area (Å²) in [6, 6.07) is 9.98. The number of fused-ring (bicyclic) bond motifs is 1. The van der Waals surface area contributed by atoms with E-state index in [2.05, 4.69) is 4.98 Å². The number of nitriles is 1. The van der Waals surface area contributed by atoms with E-state index in [0.717, 1.165) is 17.4 Å². The van der Waals surface area contributed by atoms with Crippen molar-refractivity contribution in [2.24, 2.45) is 0 Å². The van der Waals surface area contributed by atoms with Crippen molar-refractivity contribution in [1.82, 2.24) is 4.98 Å². The highest BCUT2D eigenvalue weighted by Gasteiger charge is 2.28. The van der Waals surface area contributed by atoms with Gasteiger partial charge >= 0.3 is 10.1 Å². The van der Waals surface area contributed by atoms with E-state index in [1.807, 2.05) is 6.07 Å². The van der Waals surface area contributed by atoms with Gasteiger partial charge in [0.2, 0.25) is 0 Å². The summed E-state index contributed by atoms with van der Waals surface area (Å²) in [5, 5.41) is 20.2. The highest BCUT2D eigenvalue weighted by atomic mass is 32.2. The number of hydrogen-bond donors (Lipinski definition) is 0. The molecule has 3 rings (SSSR count). The maximum atomic E-state index is 12.4. The van der Waals surface area contributed by atoms with Crippen LogP contribution < -0.4 is 4.18 Å². The summed E-state index contributed by atoms with van der Waals surface area (Å²) in [5.74, 6) is -0.0180. The molecule has 0 saturated carbocycles. The van der Waals surface area contributed by atoms with Crippen molar-refractivity contribution in [3.8, 4) is 11.8 Å². The van der Waals surface area contributed by atoms with Crippen LogP contribution >= 0.6 is 11.3 Å². The van der Waals surface area contributed by atoms with Crippen molar-refractivity contribution in [2.75, 3.05) is 0 Å². The highest BCUT2D eigenvalue weighted by Crippen LogP contribution is 2.30. The van der Waals surface area contributed by atoms with E-state index in [0.29, 0.717) is 15.8 Å². The molecule has 0 amide bonds. The zero-order valence-corrected chi connectivity index (χ0v) is 14.3. The lowest BCUT2D eigenvalue weighted by molar-refractivity contribution is -0.387. The standard InChI is InChI=1S/C15H9N3O5S2/c1-9-2-5-14(12(6-9)18(19)20)25(21,22)23-10-3-4-11-13(7-10)24-15(8-16)17-11/h2-7H,1H3. The number of aryl methyl sites for hydroxylation is 1. The molecule has 10 heteroatoms. The topological polar surface area (TPSA) is 123 Å². The molecule has 3 aromatic rings. The second kappa shape index (κ2) is 6.12. The first kappa shape index (κ1) is 16.8. The molecule has 8 nitrogen and oxygen atoms in total. The Bertz CT molecular complexity index is 1150. The van der Waals surface area contributed by atoms with Gasteiger partial charge in [0.25, 0.3) is 5.69 Å². The molecular weight excluding hydrogens is 366 g/mol. The van der Waals surface area contributed by atoms with Crippen LogP contribution in [0.5, 0.6) is 5.75 Å². The van der Waals surface area contributed by atoms with Crippen molar-refractivity contribution in [1.29, 1.82) is 5.26 Å². The van der Waals surface area contributed by atoms with Gasteiger partial charge in [0, 0.05) is 12.1 Å². The van der Waals surface area contributed by atoms with Gasteiger partial charge in [-0.25, -0.2) is 4.98 Å². The number of thiazole rings is 1. The van der Waals surface area contributed by atoms with Crippen LogP contribution in [-0.2, 0) is 10.1 Å². The zero-order valence-electron chi connectivity index (χ0n) is 12.7. The van der Waals surface area contributed by atoms with E-state index >= 15 is 0 Å². The van der Waals surface area contributed by atoms with Crippen molar-refractivity contribution in [3.63, 3.8) is 0 Å². The van der Waals surface area contributed by atoms with Crippen LogP contribution in [0.3, 0.4) is 0 Å². The Labute approximate surface area is 146 Å². The number of nitro groups is 1. The first-order chi connectivity index (χ1) is 11.8. The Balaban J connectivity index is 2.02. The van der Waals surface area contributed by atoms with Crippen molar-refractivity contribution < 1.29 is 17.5 Å². The molecule has 0 fully saturated rings.